The van der Waals surface area contributed by atoms with E-state index in [4.69, 9.17) is 9.47 Å². The number of nitrogens with zero attached hydrogens (tertiary/aromatic N) is 2. The van der Waals surface area contributed by atoms with Gasteiger partial charge in [0.15, 0.2) is 0 Å². The fourth-order valence-corrected chi connectivity index (χ4v) is 4.95. The summed E-state index contributed by atoms with van der Waals surface area (Å²) in [5.41, 5.74) is 0.0865. The molecule has 0 radical (unpaired) electrons. The predicted octanol–water partition coefficient (Wildman–Crippen LogP) is 5.78. The minimum Gasteiger partial charge on any atom is -0.490 e. The Balaban J connectivity index is 1.21. The molecule has 3 N–H and O–H groups in total. The van der Waals surface area contributed by atoms with Gasteiger partial charge in [0.2, 0.25) is 0 Å². The van der Waals surface area contributed by atoms with E-state index in [-0.39, 0.29) is 23.1 Å². The van der Waals surface area contributed by atoms with Crippen molar-refractivity contribution in [1.82, 2.24) is 15.6 Å². The molecule has 11 heteroatoms. The number of alkyl halides is 3. The van der Waals surface area contributed by atoms with Gasteiger partial charge in [-0.25, -0.2) is 0 Å². The van der Waals surface area contributed by atoms with Crippen LogP contribution in [0.4, 0.5) is 18.9 Å². The first-order valence-corrected chi connectivity index (χ1v) is 13.7. The number of hydrogen-bond acceptors (Lipinski definition) is 7. The van der Waals surface area contributed by atoms with E-state index in [1.807, 2.05) is 12.1 Å². The summed E-state index contributed by atoms with van der Waals surface area (Å²) in [5.74, 6) is 1.38. The largest absolute Gasteiger partial charge is 0.490 e. The molecule has 4 aromatic rings. The van der Waals surface area contributed by atoms with E-state index in [1.54, 1.807) is 42.6 Å². The van der Waals surface area contributed by atoms with Gasteiger partial charge in [-0.2, -0.15) is 13.2 Å². The van der Waals surface area contributed by atoms with Gasteiger partial charge in [0.1, 0.15) is 34.9 Å². The molecule has 8 nitrogen and oxygen atoms in total. The van der Waals surface area contributed by atoms with Crippen molar-refractivity contribution in [2.24, 2.45) is 4.99 Å². The quantitative estimate of drug-likeness (QED) is 0.259. The lowest BCUT2D eigenvalue weighted by molar-refractivity contribution is -0.137. The van der Waals surface area contributed by atoms with Gasteiger partial charge in [-0.05, 0) is 79.2 Å². The Morgan fingerprint density at radius 3 is 2.48 bits per heavy atom. The van der Waals surface area contributed by atoms with Gasteiger partial charge < -0.3 is 25.4 Å². The molecule has 0 saturated carbocycles. The van der Waals surface area contributed by atoms with Gasteiger partial charge in [0.05, 0.1) is 12.1 Å². The highest BCUT2D eigenvalue weighted by molar-refractivity contribution is 6.06. The molecule has 1 aromatic heterocycles. The van der Waals surface area contributed by atoms with Crippen molar-refractivity contribution in [3.63, 3.8) is 0 Å². The number of piperidine rings is 1. The average molecular weight is 576 g/mol. The Hall–Kier alpha value is -4.64. The summed E-state index contributed by atoms with van der Waals surface area (Å²) < 4.78 is 52.9. The summed E-state index contributed by atoms with van der Waals surface area (Å²) in [7, 11) is 0. The van der Waals surface area contributed by atoms with Crippen LogP contribution in [-0.4, -0.2) is 49.0 Å². The zero-order chi connectivity index (χ0) is 29.1. The third-order valence-corrected chi connectivity index (χ3v) is 7.04. The van der Waals surface area contributed by atoms with Gasteiger partial charge >= 0.3 is 6.18 Å². The number of halogens is 3. The number of carbonyl (C=O) groups excluding carboxylic acids is 1. The topological polar surface area (TPSA) is 96.9 Å². The molecule has 0 aliphatic carbocycles. The van der Waals surface area contributed by atoms with Crippen LogP contribution in [0.25, 0.3) is 10.8 Å². The van der Waals surface area contributed by atoms with Crippen LogP contribution in [0.5, 0.6) is 17.2 Å². The van der Waals surface area contributed by atoms with Crippen molar-refractivity contribution in [2.45, 2.75) is 25.1 Å². The molecule has 2 aliphatic rings. The summed E-state index contributed by atoms with van der Waals surface area (Å²) in [4.78, 5) is 21.9. The van der Waals surface area contributed by atoms with Gasteiger partial charge in [-0.15, -0.1) is 0 Å². The van der Waals surface area contributed by atoms with E-state index in [0.717, 1.165) is 48.4 Å². The summed E-state index contributed by atoms with van der Waals surface area (Å²) in [6.45, 7) is 2.94. The lowest BCUT2D eigenvalue weighted by Gasteiger charge is -2.24. The van der Waals surface area contributed by atoms with Crippen LogP contribution in [0.3, 0.4) is 0 Å². The van der Waals surface area contributed by atoms with Crippen molar-refractivity contribution in [3.8, 4) is 17.2 Å². The number of carbonyl (C=O) groups is 1. The molecule has 1 fully saturated rings. The van der Waals surface area contributed by atoms with Crippen LogP contribution in [0.1, 0.15) is 34.5 Å². The molecule has 3 heterocycles. The molecule has 0 atom stereocenters. The van der Waals surface area contributed by atoms with Crippen molar-refractivity contribution < 1.29 is 27.4 Å². The number of nitrogens with one attached hydrogen (secondary N) is 3. The highest BCUT2D eigenvalue weighted by Gasteiger charge is 2.32. The fourth-order valence-electron chi connectivity index (χ4n) is 4.95. The van der Waals surface area contributed by atoms with E-state index in [2.05, 4.69) is 25.9 Å². The third kappa shape index (κ3) is 6.46. The van der Waals surface area contributed by atoms with Crippen LogP contribution in [0.15, 0.2) is 77.9 Å². The number of fused-ring (bicyclic) bond motifs is 1. The number of aliphatic imine (C=N–C) groups is 1. The highest BCUT2D eigenvalue weighted by atomic mass is 19.4. The number of rotatable bonds is 7. The van der Waals surface area contributed by atoms with Crippen molar-refractivity contribution in [2.75, 3.05) is 31.5 Å². The molecule has 0 spiro atoms. The molecule has 3 aromatic carbocycles. The molecular weight excluding hydrogens is 547 g/mol. The smallest absolute Gasteiger partial charge is 0.416 e. The number of hydrogen-bond donors (Lipinski definition) is 3. The number of amides is 1. The van der Waals surface area contributed by atoms with Gasteiger partial charge in [0.25, 0.3) is 5.91 Å². The maximum Gasteiger partial charge on any atom is 0.416 e. The minimum absolute atomic E-state index is 0.00536. The van der Waals surface area contributed by atoms with E-state index in [9.17, 15) is 18.0 Å². The molecule has 1 saturated heterocycles. The van der Waals surface area contributed by atoms with E-state index in [1.165, 1.54) is 6.07 Å². The molecule has 2 aliphatic heterocycles. The minimum atomic E-state index is -4.59. The van der Waals surface area contributed by atoms with Gasteiger partial charge in [-0.1, -0.05) is 12.1 Å². The number of benzene rings is 3. The number of ether oxygens (including phenoxy) is 2. The van der Waals surface area contributed by atoms with Crippen LogP contribution in [0, 0.1) is 0 Å². The SMILES string of the molecule is O=C(Nc1cc(OC2CCNCC2)cc(C(F)(F)F)c1)c1ccc2ccc(Oc3ccnc(C4=NCCN4)c3)cc2c1. The van der Waals surface area contributed by atoms with E-state index >= 15 is 0 Å². The molecule has 0 bridgehead atoms. The first-order chi connectivity index (χ1) is 20.3. The number of pyridine rings is 1. The lowest BCUT2D eigenvalue weighted by Crippen LogP contribution is -2.34. The van der Waals surface area contributed by atoms with Crippen molar-refractivity contribution >= 4 is 28.2 Å². The molecular formula is C31H28F3N5O3. The molecule has 0 unspecified atom stereocenters. The Morgan fingerprint density at radius 2 is 1.69 bits per heavy atom. The summed E-state index contributed by atoms with van der Waals surface area (Å²) in [5, 5.41) is 10.6. The van der Waals surface area contributed by atoms with Crippen LogP contribution in [-0.2, 0) is 6.18 Å². The number of amidine groups is 1. The average Bonchev–Trinajstić information content (AvgIpc) is 3.52. The molecule has 1 amide bonds. The first-order valence-electron chi connectivity index (χ1n) is 13.7. The second-order valence-corrected chi connectivity index (χ2v) is 10.1. The Kier molecular flexibility index (Phi) is 7.66. The Labute approximate surface area is 240 Å². The maximum absolute atomic E-state index is 13.7. The van der Waals surface area contributed by atoms with Crippen molar-refractivity contribution in [1.29, 1.82) is 0 Å². The fraction of sp³-hybridized carbons (Fsp3) is 0.258. The second kappa shape index (κ2) is 11.7. The van der Waals surface area contributed by atoms with Gasteiger partial charge in [-0.3, -0.25) is 14.8 Å². The van der Waals surface area contributed by atoms with Gasteiger partial charge in [0, 0.05) is 36.1 Å². The second-order valence-electron chi connectivity index (χ2n) is 10.1. The molecule has 216 valence electrons. The number of anilines is 1. The predicted molar refractivity (Wildman–Crippen MR) is 154 cm³/mol. The molecule has 6 rings (SSSR count). The van der Waals surface area contributed by atoms with Crippen LogP contribution < -0.4 is 25.4 Å². The first kappa shape index (κ1) is 27.5. The highest BCUT2D eigenvalue weighted by Crippen LogP contribution is 2.35. The lowest BCUT2D eigenvalue weighted by atomic mass is 10.1. The van der Waals surface area contributed by atoms with E-state index < -0.39 is 17.6 Å². The summed E-state index contributed by atoms with van der Waals surface area (Å²) in [6.07, 6.45) is -1.76. The van der Waals surface area contributed by atoms with Crippen LogP contribution in [0.2, 0.25) is 0 Å². The molecule has 42 heavy (non-hydrogen) atoms. The third-order valence-electron chi connectivity index (χ3n) is 7.04. The summed E-state index contributed by atoms with van der Waals surface area (Å²) in [6, 6.07) is 17.4. The standard InChI is InChI=1S/C31H28F3N5O3/c32-31(33,34)22-15-23(17-27(16-22)41-24-5-8-35-9-6-24)39-30(40)20-2-1-19-3-4-25(14-21(19)13-20)42-26-7-10-36-28(18-26)29-37-11-12-38-29/h1-4,7,10,13-18,24,35H,5-6,8-9,11-12H2,(H,37,38)(H,39,40). The van der Waals surface area contributed by atoms with E-state index in [0.29, 0.717) is 36.6 Å². The summed E-state index contributed by atoms with van der Waals surface area (Å²) >= 11 is 0. The van der Waals surface area contributed by atoms with Crippen molar-refractivity contribution in [3.05, 3.63) is 89.7 Å². The van der Waals surface area contributed by atoms with Crippen LogP contribution >= 0.6 is 0 Å². The Morgan fingerprint density at radius 1 is 0.881 bits per heavy atom. The Bertz CT molecular complexity index is 1650. The zero-order valence-electron chi connectivity index (χ0n) is 22.5. The normalized spacial score (nSPS) is 15.6. The monoisotopic (exact) mass is 575 g/mol. The maximum atomic E-state index is 13.7. The zero-order valence-corrected chi connectivity index (χ0v) is 22.5. The number of aromatic nitrogens is 1.